The average Bonchev–Trinajstić information content (AvgIpc) is 2.76. The highest BCUT2D eigenvalue weighted by Gasteiger charge is 2.11. The summed E-state index contributed by atoms with van der Waals surface area (Å²) in [4.78, 5) is 1.85. The summed E-state index contributed by atoms with van der Waals surface area (Å²) in [6.45, 7) is 0.553. The van der Waals surface area contributed by atoms with Gasteiger partial charge in [-0.05, 0) is 40.8 Å². The van der Waals surface area contributed by atoms with Crippen LogP contribution in [0.25, 0.3) is 0 Å². The number of halogens is 2. The molecule has 0 radical (unpaired) electrons. The third-order valence-corrected chi connectivity index (χ3v) is 3.28. The van der Waals surface area contributed by atoms with Crippen LogP contribution in [0.3, 0.4) is 0 Å². The molecule has 5 heteroatoms. The lowest BCUT2D eigenvalue weighted by Gasteiger charge is -2.20. The maximum atomic E-state index is 13.5. The number of benzene rings is 1. The first-order valence-electron chi connectivity index (χ1n) is 5.06. The molecule has 0 aliphatic carbocycles. The van der Waals surface area contributed by atoms with Crippen molar-refractivity contribution in [3.63, 3.8) is 0 Å². The van der Waals surface area contributed by atoms with Gasteiger partial charge < -0.3 is 15.1 Å². The van der Waals surface area contributed by atoms with Crippen molar-refractivity contribution < 1.29 is 8.81 Å². The molecule has 0 saturated carbocycles. The molecule has 2 N–H and O–H groups in total. The lowest BCUT2D eigenvalue weighted by atomic mass is 10.2. The van der Waals surface area contributed by atoms with Gasteiger partial charge in [0.05, 0.1) is 27.8 Å². The van der Waals surface area contributed by atoms with E-state index in [-0.39, 0.29) is 5.82 Å². The van der Waals surface area contributed by atoms with Crippen LogP contribution in [0, 0.1) is 9.39 Å². The predicted octanol–water partition coefficient (Wildman–Crippen LogP) is 3.24. The Morgan fingerprint density at radius 2 is 2.24 bits per heavy atom. The van der Waals surface area contributed by atoms with Crippen LogP contribution in [0.2, 0.25) is 0 Å². The molecule has 0 saturated heterocycles. The first kappa shape index (κ1) is 12.2. The van der Waals surface area contributed by atoms with Gasteiger partial charge in [-0.15, -0.1) is 0 Å². The number of nitrogen functional groups attached to an aromatic ring is 1. The number of anilines is 2. The zero-order valence-electron chi connectivity index (χ0n) is 9.28. The monoisotopic (exact) mass is 346 g/mol. The Kier molecular flexibility index (Phi) is 3.56. The highest BCUT2D eigenvalue weighted by atomic mass is 127. The van der Waals surface area contributed by atoms with E-state index >= 15 is 0 Å². The lowest BCUT2D eigenvalue weighted by Crippen LogP contribution is -2.17. The minimum absolute atomic E-state index is 0.263. The molecule has 0 aliphatic heterocycles. The zero-order valence-corrected chi connectivity index (χ0v) is 11.4. The summed E-state index contributed by atoms with van der Waals surface area (Å²) in [5.74, 6) is 0.548. The number of hydrogen-bond donors (Lipinski definition) is 1. The summed E-state index contributed by atoms with van der Waals surface area (Å²) in [5.41, 5.74) is 7.10. The van der Waals surface area contributed by atoms with Gasteiger partial charge in [0.25, 0.3) is 0 Å². The fourth-order valence-electron chi connectivity index (χ4n) is 1.60. The van der Waals surface area contributed by atoms with E-state index in [0.29, 0.717) is 21.5 Å². The van der Waals surface area contributed by atoms with Crippen LogP contribution in [0.5, 0.6) is 0 Å². The van der Waals surface area contributed by atoms with Gasteiger partial charge in [-0.2, -0.15) is 0 Å². The van der Waals surface area contributed by atoms with Crippen LogP contribution < -0.4 is 10.6 Å². The van der Waals surface area contributed by atoms with Crippen molar-refractivity contribution >= 4 is 34.0 Å². The highest BCUT2D eigenvalue weighted by molar-refractivity contribution is 14.1. The fourth-order valence-corrected chi connectivity index (χ4v) is 2.09. The van der Waals surface area contributed by atoms with E-state index in [0.717, 1.165) is 5.76 Å². The van der Waals surface area contributed by atoms with Crippen molar-refractivity contribution in [3.05, 3.63) is 45.7 Å². The Morgan fingerprint density at radius 1 is 1.47 bits per heavy atom. The van der Waals surface area contributed by atoms with E-state index < -0.39 is 0 Å². The molecule has 17 heavy (non-hydrogen) atoms. The van der Waals surface area contributed by atoms with Gasteiger partial charge in [-0.25, -0.2) is 4.39 Å². The van der Waals surface area contributed by atoms with Crippen LogP contribution >= 0.6 is 22.6 Å². The van der Waals surface area contributed by atoms with Gasteiger partial charge in [0.1, 0.15) is 11.6 Å². The normalized spacial score (nSPS) is 10.5. The minimum atomic E-state index is -0.263. The molecule has 0 fully saturated rings. The summed E-state index contributed by atoms with van der Waals surface area (Å²) in [7, 11) is 1.85. The maximum absolute atomic E-state index is 13.5. The van der Waals surface area contributed by atoms with Crippen molar-refractivity contribution in [1.82, 2.24) is 0 Å². The Balaban J connectivity index is 2.24. The molecule has 0 aliphatic rings. The molecule has 2 rings (SSSR count). The molecule has 0 spiro atoms. The molecule has 1 heterocycles. The smallest absolute Gasteiger partial charge is 0.138 e. The molecule has 2 aromatic rings. The standard InChI is InChI=1S/C12H12FIN2O/c1-16(7-8-3-2-4-17-8)12-5-9(13)10(14)6-11(12)15/h2-6H,7,15H2,1H3. The Hall–Kier alpha value is -1.24. The SMILES string of the molecule is CN(Cc1ccco1)c1cc(F)c(I)cc1N. The zero-order chi connectivity index (χ0) is 12.4. The van der Waals surface area contributed by atoms with Crippen molar-refractivity contribution in [1.29, 1.82) is 0 Å². The average molecular weight is 346 g/mol. The van der Waals surface area contributed by atoms with Gasteiger partial charge in [-0.1, -0.05) is 0 Å². The Bertz CT molecular complexity index is 513. The number of rotatable bonds is 3. The van der Waals surface area contributed by atoms with E-state index in [2.05, 4.69) is 0 Å². The van der Waals surface area contributed by atoms with E-state index in [9.17, 15) is 4.39 Å². The van der Waals surface area contributed by atoms with Gasteiger partial charge in [0.15, 0.2) is 0 Å². The molecule has 0 amide bonds. The maximum Gasteiger partial charge on any atom is 0.138 e. The van der Waals surface area contributed by atoms with Crippen LogP contribution in [-0.4, -0.2) is 7.05 Å². The van der Waals surface area contributed by atoms with Crippen molar-refractivity contribution in [2.75, 3.05) is 17.7 Å². The van der Waals surface area contributed by atoms with Crippen molar-refractivity contribution in [3.8, 4) is 0 Å². The molecule has 1 aromatic heterocycles. The van der Waals surface area contributed by atoms with E-state index in [1.807, 2.05) is 46.7 Å². The van der Waals surface area contributed by atoms with Crippen molar-refractivity contribution in [2.24, 2.45) is 0 Å². The number of hydrogen-bond acceptors (Lipinski definition) is 3. The lowest BCUT2D eigenvalue weighted by molar-refractivity contribution is 0.507. The first-order valence-corrected chi connectivity index (χ1v) is 6.14. The molecule has 90 valence electrons. The molecule has 3 nitrogen and oxygen atoms in total. The van der Waals surface area contributed by atoms with Gasteiger partial charge >= 0.3 is 0 Å². The Labute approximate surface area is 113 Å². The number of nitrogens with two attached hydrogens (primary N) is 1. The second-order valence-electron chi connectivity index (χ2n) is 3.76. The van der Waals surface area contributed by atoms with Gasteiger partial charge in [0.2, 0.25) is 0 Å². The molecule has 0 unspecified atom stereocenters. The summed E-state index contributed by atoms with van der Waals surface area (Å²) in [5, 5.41) is 0. The largest absolute Gasteiger partial charge is 0.467 e. The number of nitrogens with zero attached hydrogens (tertiary/aromatic N) is 1. The molecular formula is C12H12FIN2O. The minimum Gasteiger partial charge on any atom is -0.467 e. The number of furan rings is 1. The topological polar surface area (TPSA) is 42.4 Å². The third kappa shape index (κ3) is 2.71. The van der Waals surface area contributed by atoms with Gasteiger partial charge in [-0.3, -0.25) is 0 Å². The van der Waals surface area contributed by atoms with E-state index in [1.54, 1.807) is 12.3 Å². The van der Waals surface area contributed by atoms with Crippen LogP contribution in [-0.2, 0) is 6.54 Å². The summed E-state index contributed by atoms with van der Waals surface area (Å²) in [6, 6.07) is 6.76. The second-order valence-corrected chi connectivity index (χ2v) is 4.92. The van der Waals surface area contributed by atoms with Gasteiger partial charge in [0, 0.05) is 13.1 Å². The van der Waals surface area contributed by atoms with Crippen LogP contribution in [0.1, 0.15) is 5.76 Å². The second kappa shape index (κ2) is 4.95. The third-order valence-electron chi connectivity index (χ3n) is 2.45. The summed E-state index contributed by atoms with van der Waals surface area (Å²) in [6.07, 6.45) is 1.61. The van der Waals surface area contributed by atoms with E-state index in [4.69, 9.17) is 10.2 Å². The molecule has 0 atom stereocenters. The van der Waals surface area contributed by atoms with Crippen molar-refractivity contribution in [2.45, 2.75) is 6.54 Å². The summed E-state index contributed by atoms with van der Waals surface area (Å²) >= 11 is 1.92. The molecule has 1 aromatic carbocycles. The quantitative estimate of drug-likeness (QED) is 0.685. The van der Waals surface area contributed by atoms with Crippen LogP contribution in [0.4, 0.5) is 15.8 Å². The fraction of sp³-hybridized carbons (Fsp3) is 0.167. The highest BCUT2D eigenvalue weighted by Crippen LogP contribution is 2.27. The molecular weight excluding hydrogens is 334 g/mol. The van der Waals surface area contributed by atoms with E-state index in [1.165, 1.54) is 6.07 Å². The Morgan fingerprint density at radius 3 is 2.88 bits per heavy atom. The summed E-state index contributed by atoms with van der Waals surface area (Å²) < 4.78 is 19.3. The van der Waals surface area contributed by atoms with Crippen LogP contribution in [0.15, 0.2) is 34.9 Å². The molecule has 0 bridgehead atoms. The first-order chi connectivity index (χ1) is 8.08. The predicted molar refractivity (Wildman–Crippen MR) is 74.3 cm³/mol.